The van der Waals surface area contributed by atoms with E-state index in [0.29, 0.717) is 12.5 Å². The molecule has 0 radical (unpaired) electrons. The molecule has 0 aromatic heterocycles. The molecule has 1 aliphatic carbocycles. The third kappa shape index (κ3) is 7.73. The normalized spacial score (nSPS) is 18.2. The first-order valence-electron chi connectivity index (χ1n) is 6.74. The van der Waals surface area contributed by atoms with Crippen molar-refractivity contribution in [3.63, 3.8) is 0 Å². The summed E-state index contributed by atoms with van der Waals surface area (Å²) in [5, 5.41) is 3.39. The standard InChI is InChI=1S/C12H26N2O2S/c1-3-11(2)10-14-17(15,16)9-5-4-8-13-12-6-7-12/h11-14H,3-10H2,1-2H3. The molecule has 0 aromatic rings. The van der Waals surface area contributed by atoms with E-state index in [1.54, 1.807) is 0 Å². The van der Waals surface area contributed by atoms with E-state index in [-0.39, 0.29) is 5.75 Å². The Kier molecular flexibility index (Phi) is 6.44. The maximum Gasteiger partial charge on any atom is 0.211 e. The zero-order valence-electron chi connectivity index (χ0n) is 11.0. The summed E-state index contributed by atoms with van der Waals surface area (Å²) in [6, 6.07) is 0.718. The van der Waals surface area contributed by atoms with Crippen LogP contribution in [0.25, 0.3) is 0 Å². The summed E-state index contributed by atoms with van der Waals surface area (Å²) in [6.45, 7) is 5.65. The maximum absolute atomic E-state index is 11.6. The fourth-order valence-electron chi connectivity index (χ4n) is 1.50. The molecule has 1 aliphatic rings. The molecule has 0 saturated heterocycles. The van der Waals surface area contributed by atoms with Crippen LogP contribution in [0.2, 0.25) is 0 Å². The number of hydrogen-bond donors (Lipinski definition) is 2. The molecule has 0 bridgehead atoms. The first kappa shape index (κ1) is 14.9. The molecule has 0 aromatic carbocycles. The van der Waals surface area contributed by atoms with Crippen molar-refractivity contribution in [2.75, 3.05) is 18.8 Å². The minimum Gasteiger partial charge on any atom is -0.314 e. The van der Waals surface area contributed by atoms with Crippen molar-refractivity contribution in [1.29, 1.82) is 0 Å². The lowest BCUT2D eigenvalue weighted by Gasteiger charge is -2.10. The Morgan fingerprint density at radius 3 is 2.59 bits per heavy atom. The van der Waals surface area contributed by atoms with Crippen molar-refractivity contribution in [2.45, 2.75) is 52.0 Å². The van der Waals surface area contributed by atoms with Crippen molar-refractivity contribution in [3.05, 3.63) is 0 Å². The fraction of sp³-hybridized carbons (Fsp3) is 1.00. The average molecular weight is 262 g/mol. The van der Waals surface area contributed by atoms with Crippen LogP contribution >= 0.6 is 0 Å². The molecule has 1 saturated carbocycles. The van der Waals surface area contributed by atoms with Gasteiger partial charge in [-0.3, -0.25) is 0 Å². The van der Waals surface area contributed by atoms with E-state index in [1.807, 2.05) is 0 Å². The van der Waals surface area contributed by atoms with Gasteiger partial charge in [0.05, 0.1) is 5.75 Å². The lowest BCUT2D eigenvalue weighted by molar-refractivity contribution is 0.526. The largest absolute Gasteiger partial charge is 0.314 e. The summed E-state index contributed by atoms with van der Waals surface area (Å²) >= 11 is 0. The molecule has 1 atom stereocenters. The molecule has 1 rings (SSSR count). The molecule has 17 heavy (non-hydrogen) atoms. The van der Waals surface area contributed by atoms with Crippen LogP contribution in [0.5, 0.6) is 0 Å². The van der Waals surface area contributed by atoms with Crippen LogP contribution in [-0.2, 0) is 10.0 Å². The molecule has 0 amide bonds. The highest BCUT2D eigenvalue weighted by atomic mass is 32.2. The Morgan fingerprint density at radius 1 is 1.29 bits per heavy atom. The molecule has 102 valence electrons. The van der Waals surface area contributed by atoms with Crippen molar-refractivity contribution in [3.8, 4) is 0 Å². The van der Waals surface area contributed by atoms with Crippen molar-refractivity contribution in [2.24, 2.45) is 5.92 Å². The third-order valence-corrected chi connectivity index (χ3v) is 4.63. The maximum atomic E-state index is 11.6. The van der Waals surface area contributed by atoms with E-state index in [9.17, 15) is 8.42 Å². The Bertz CT molecular complexity index is 300. The van der Waals surface area contributed by atoms with E-state index in [2.05, 4.69) is 23.9 Å². The second kappa shape index (κ2) is 7.34. The van der Waals surface area contributed by atoms with Crippen molar-refractivity contribution < 1.29 is 8.42 Å². The average Bonchev–Trinajstić information content (AvgIpc) is 3.09. The highest BCUT2D eigenvalue weighted by molar-refractivity contribution is 7.89. The number of hydrogen-bond acceptors (Lipinski definition) is 3. The van der Waals surface area contributed by atoms with Gasteiger partial charge < -0.3 is 5.32 Å². The van der Waals surface area contributed by atoms with Crippen LogP contribution in [0.15, 0.2) is 0 Å². The van der Waals surface area contributed by atoms with Crippen molar-refractivity contribution >= 4 is 10.0 Å². The number of rotatable bonds is 10. The van der Waals surface area contributed by atoms with Gasteiger partial charge in [0.25, 0.3) is 0 Å². The molecule has 2 N–H and O–H groups in total. The monoisotopic (exact) mass is 262 g/mol. The van der Waals surface area contributed by atoms with Crippen LogP contribution in [0, 0.1) is 5.92 Å². The second-order valence-corrected chi connectivity index (χ2v) is 7.04. The van der Waals surface area contributed by atoms with Gasteiger partial charge in [-0.05, 0) is 38.1 Å². The molecule has 0 spiro atoms. The summed E-state index contributed by atoms with van der Waals surface area (Å²) in [5.74, 6) is 0.678. The Morgan fingerprint density at radius 2 is 2.00 bits per heavy atom. The first-order chi connectivity index (χ1) is 8.03. The molecular weight excluding hydrogens is 236 g/mol. The van der Waals surface area contributed by atoms with Gasteiger partial charge in [0.15, 0.2) is 0 Å². The number of nitrogens with one attached hydrogen (secondary N) is 2. The smallest absolute Gasteiger partial charge is 0.211 e. The van der Waals surface area contributed by atoms with Crippen LogP contribution < -0.4 is 10.0 Å². The Labute approximate surface area is 106 Å². The van der Waals surface area contributed by atoms with E-state index >= 15 is 0 Å². The van der Waals surface area contributed by atoms with Crippen molar-refractivity contribution in [1.82, 2.24) is 10.0 Å². The lowest BCUT2D eigenvalue weighted by Crippen LogP contribution is -2.30. The van der Waals surface area contributed by atoms with Crippen LogP contribution in [0.4, 0.5) is 0 Å². The molecule has 0 heterocycles. The predicted molar refractivity (Wildman–Crippen MR) is 71.5 cm³/mol. The van der Waals surface area contributed by atoms with E-state index in [1.165, 1.54) is 12.8 Å². The third-order valence-electron chi connectivity index (χ3n) is 3.20. The van der Waals surface area contributed by atoms with E-state index in [0.717, 1.165) is 31.8 Å². The van der Waals surface area contributed by atoms with Crippen LogP contribution in [-0.4, -0.2) is 33.3 Å². The topological polar surface area (TPSA) is 58.2 Å². The second-order valence-electron chi connectivity index (χ2n) is 5.12. The molecule has 1 fully saturated rings. The highest BCUT2D eigenvalue weighted by Crippen LogP contribution is 2.18. The van der Waals surface area contributed by atoms with Crippen LogP contribution in [0.1, 0.15) is 46.0 Å². The van der Waals surface area contributed by atoms with Gasteiger partial charge in [-0.1, -0.05) is 20.3 Å². The zero-order chi connectivity index (χ0) is 12.7. The molecule has 1 unspecified atom stereocenters. The van der Waals surface area contributed by atoms with Gasteiger partial charge in [-0.15, -0.1) is 0 Å². The van der Waals surface area contributed by atoms with Crippen LogP contribution in [0.3, 0.4) is 0 Å². The predicted octanol–water partition coefficient (Wildman–Crippen LogP) is 1.48. The summed E-state index contributed by atoms with van der Waals surface area (Å²) in [7, 11) is -3.05. The number of sulfonamides is 1. The SMILES string of the molecule is CCC(C)CNS(=O)(=O)CCCCNC1CC1. The van der Waals surface area contributed by atoms with E-state index in [4.69, 9.17) is 0 Å². The van der Waals surface area contributed by atoms with Gasteiger partial charge in [0, 0.05) is 12.6 Å². The molecule has 4 nitrogen and oxygen atoms in total. The van der Waals surface area contributed by atoms with E-state index < -0.39 is 10.0 Å². The zero-order valence-corrected chi connectivity index (χ0v) is 11.9. The molecule has 5 heteroatoms. The summed E-state index contributed by atoms with van der Waals surface area (Å²) < 4.78 is 25.9. The fourth-order valence-corrected chi connectivity index (χ4v) is 2.76. The Balaban J connectivity index is 2.02. The summed E-state index contributed by atoms with van der Waals surface area (Å²) in [6.07, 6.45) is 5.27. The minimum absolute atomic E-state index is 0.260. The summed E-state index contributed by atoms with van der Waals surface area (Å²) in [4.78, 5) is 0. The van der Waals surface area contributed by atoms with Gasteiger partial charge in [0.1, 0.15) is 0 Å². The Hall–Kier alpha value is -0.130. The minimum atomic E-state index is -3.05. The molecule has 0 aliphatic heterocycles. The van der Waals surface area contributed by atoms with Gasteiger partial charge in [-0.2, -0.15) is 0 Å². The lowest BCUT2D eigenvalue weighted by atomic mass is 10.1. The highest BCUT2D eigenvalue weighted by Gasteiger charge is 2.19. The molecular formula is C12H26N2O2S. The first-order valence-corrected chi connectivity index (χ1v) is 8.39. The number of unbranched alkanes of at least 4 members (excludes halogenated alkanes) is 1. The quantitative estimate of drug-likeness (QED) is 0.586. The van der Waals surface area contributed by atoms with Gasteiger partial charge >= 0.3 is 0 Å². The summed E-state index contributed by atoms with van der Waals surface area (Å²) in [5.41, 5.74) is 0. The van der Waals surface area contributed by atoms with Gasteiger partial charge in [0.2, 0.25) is 10.0 Å². The van der Waals surface area contributed by atoms with Gasteiger partial charge in [-0.25, -0.2) is 13.1 Å².